The van der Waals surface area contributed by atoms with Gasteiger partial charge in [0, 0.05) is 43.8 Å². The normalized spacial score (nSPS) is 10.6. The van der Waals surface area contributed by atoms with E-state index < -0.39 is 0 Å². The molecule has 6 rings (SSSR count). The van der Waals surface area contributed by atoms with Gasteiger partial charge in [0.2, 0.25) is 0 Å². The maximum Gasteiger partial charge on any atom is 0.170 e. The third-order valence-electron chi connectivity index (χ3n) is 6.04. The zero-order valence-corrected chi connectivity index (χ0v) is 24.4. The van der Waals surface area contributed by atoms with Gasteiger partial charge in [0.05, 0.1) is 12.3 Å². The summed E-state index contributed by atoms with van der Waals surface area (Å²) in [4.78, 5) is 19.9. The van der Waals surface area contributed by atoms with Crippen molar-refractivity contribution in [3.63, 3.8) is 0 Å². The van der Waals surface area contributed by atoms with Gasteiger partial charge in [0.1, 0.15) is 17.3 Å². The molecule has 6 nitrogen and oxygen atoms in total. The van der Waals surface area contributed by atoms with E-state index in [0.717, 1.165) is 49.4 Å². The lowest BCUT2D eigenvalue weighted by Crippen LogP contribution is -1.95. The van der Waals surface area contributed by atoms with Gasteiger partial charge < -0.3 is 5.11 Å². The maximum atomic E-state index is 11.0. The number of rotatable bonds is 6. The van der Waals surface area contributed by atoms with Gasteiger partial charge in [0.15, 0.2) is 6.29 Å². The predicted molar refractivity (Wildman–Crippen MR) is 165 cm³/mol. The lowest BCUT2D eigenvalue weighted by Gasteiger charge is -2.07. The number of nitrogens with zero attached hydrogens (tertiary/aromatic N) is 4. The number of halogens is 2. The fourth-order valence-corrected chi connectivity index (χ4v) is 4.67. The fraction of sp³-hybridized carbons (Fsp3) is 0.0312. The van der Waals surface area contributed by atoms with Crippen molar-refractivity contribution in [2.24, 2.45) is 0 Å². The summed E-state index contributed by atoms with van der Waals surface area (Å²) in [5, 5.41) is 9.33. The minimum absolute atomic E-state index is 0.0661. The van der Waals surface area contributed by atoms with E-state index >= 15 is 0 Å². The SMILES string of the molecule is O=Cc1cn(-c2ccc(Br)cc2)c(-c2ccccc2)n1.OCc1cn(-c2ccc(Br)cc2)c(-c2ccccc2)n1. The van der Waals surface area contributed by atoms with Crippen LogP contribution in [0.1, 0.15) is 16.2 Å². The van der Waals surface area contributed by atoms with Crippen LogP contribution in [-0.4, -0.2) is 30.5 Å². The molecule has 0 saturated heterocycles. The molecule has 0 bridgehead atoms. The van der Waals surface area contributed by atoms with Gasteiger partial charge in [-0.05, 0) is 48.5 Å². The Morgan fingerprint density at radius 1 is 0.625 bits per heavy atom. The van der Waals surface area contributed by atoms with Crippen molar-refractivity contribution >= 4 is 38.1 Å². The van der Waals surface area contributed by atoms with Crippen LogP contribution in [0.5, 0.6) is 0 Å². The molecule has 0 atom stereocenters. The lowest BCUT2D eigenvalue weighted by molar-refractivity contribution is 0.111. The molecule has 6 aromatic rings. The minimum atomic E-state index is -0.0661. The van der Waals surface area contributed by atoms with E-state index in [0.29, 0.717) is 11.4 Å². The molecule has 198 valence electrons. The zero-order chi connectivity index (χ0) is 27.9. The van der Waals surface area contributed by atoms with Crippen molar-refractivity contribution < 1.29 is 9.90 Å². The van der Waals surface area contributed by atoms with Crippen molar-refractivity contribution in [1.82, 2.24) is 19.1 Å². The summed E-state index contributed by atoms with van der Waals surface area (Å²) in [5.41, 5.74) is 5.06. The summed E-state index contributed by atoms with van der Waals surface area (Å²) in [6.07, 6.45) is 4.38. The number of aromatic nitrogens is 4. The van der Waals surface area contributed by atoms with Crippen molar-refractivity contribution in [1.29, 1.82) is 0 Å². The molecular formula is C32H24Br2N4O2. The van der Waals surface area contributed by atoms with Gasteiger partial charge >= 0.3 is 0 Å². The summed E-state index contributed by atoms with van der Waals surface area (Å²) in [6, 6.07) is 35.7. The van der Waals surface area contributed by atoms with Crippen LogP contribution in [0.3, 0.4) is 0 Å². The molecule has 0 radical (unpaired) electrons. The van der Waals surface area contributed by atoms with Crippen LogP contribution in [0, 0.1) is 0 Å². The molecule has 0 fully saturated rings. The number of hydrogen-bond acceptors (Lipinski definition) is 4. The Morgan fingerprint density at radius 2 is 1.07 bits per heavy atom. The summed E-state index contributed by atoms with van der Waals surface area (Å²) in [6.45, 7) is -0.0661. The number of aldehydes is 1. The molecule has 1 N–H and O–H groups in total. The molecule has 0 amide bonds. The molecule has 0 spiro atoms. The Labute approximate surface area is 248 Å². The molecule has 2 aromatic heterocycles. The molecule has 0 aliphatic heterocycles. The number of imidazole rings is 2. The van der Waals surface area contributed by atoms with Crippen LogP contribution in [-0.2, 0) is 6.61 Å². The van der Waals surface area contributed by atoms with E-state index in [1.165, 1.54) is 0 Å². The fourth-order valence-electron chi connectivity index (χ4n) is 4.14. The first kappa shape index (κ1) is 27.5. The zero-order valence-electron chi connectivity index (χ0n) is 21.2. The Bertz CT molecular complexity index is 1700. The standard InChI is InChI=1S/C16H13BrN2O.C16H11BrN2O/c2*17-13-6-8-15(9-7-13)19-10-14(11-20)18-16(19)12-4-2-1-3-5-12/h1-10,20H,11H2;1-11H. The van der Waals surface area contributed by atoms with E-state index in [2.05, 4.69) is 41.8 Å². The number of aliphatic hydroxyl groups is 1. The van der Waals surface area contributed by atoms with Crippen LogP contribution in [0.4, 0.5) is 0 Å². The van der Waals surface area contributed by atoms with E-state index in [1.54, 1.807) is 6.20 Å². The summed E-state index contributed by atoms with van der Waals surface area (Å²) in [7, 11) is 0. The van der Waals surface area contributed by atoms with Gasteiger partial charge in [0.25, 0.3) is 0 Å². The average molecular weight is 656 g/mol. The first-order chi connectivity index (χ1) is 19.6. The second-order valence-electron chi connectivity index (χ2n) is 8.75. The number of carbonyl (C=O) groups excluding carboxylic acids is 1. The first-order valence-electron chi connectivity index (χ1n) is 12.4. The second-order valence-corrected chi connectivity index (χ2v) is 10.6. The molecule has 0 aliphatic rings. The topological polar surface area (TPSA) is 72.9 Å². The second kappa shape index (κ2) is 12.8. The Kier molecular flexibility index (Phi) is 8.81. The highest BCUT2D eigenvalue weighted by molar-refractivity contribution is 9.10. The molecular weight excluding hydrogens is 632 g/mol. The monoisotopic (exact) mass is 654 g/mol. The van der Waals surface area contributed by atoms with E-state index in [1.807, 2.05) is 125 Å². The van der Waals surface area contributed by atoms with Crippen LogP contribution >= 0.6 is 31.9 Å². The van der Waals surface area contributed by atoms with Gasteiger partial charge in [-0.25, -0.2) is 9.97 Å². The minimum Gasteiger partial charge on any atom is -0.390 e. The molecule has 2 heterocycles. The number of benzene rings is 4. The van der Waals surface area contributed by atoms with Gasteiger partial charge in [-0.1, -0.05) is 92.5 Å². The number of aliphatic hydroxyl groups excluding tert-OH is 1. The third-order valence-corrected chi connectivity index (χ3v) is 7.09. The smallest absolute Gasteiger partial charge is 0.170 e. The van der Waals surface area contributed by atoms with Gasteiger partial charge in [-0.3, -0.25) is 13.9 Å². The van der Waals surface area contributed by atoms with Crippen molar-refractivity contribution in [3.05, 3.63) is 142 Å². The summed E-state index contributed by atoms with van der Waals surface area (Å²) >= 11 is 6.85. The highest BCUT2D eigenvalue weighted by Crippen LogP contribution is 2.25. The van der Waals surface area contributed by atoms with Gasteiger partial charge in [-0.2, -0.15) is 0 Å². The molecule has 8 heteroatoms. The summed E-state index contributed by atoms with van der Waals surface area (Å²) < 4.78 is 5.96. The predicted octanol–water partition coefficient (Wildman–Crippen LogP) is 7.91. The van der Waals surface area contributed by atoms with Gasteiger partial charge in [-0.15, -0.1) is 0 Å². The van der Waals surface area contributed by atoms with Crippen molar-refractivity contribution in [3.8, 4) is 34.2 Å². The molecule has 0 aliphatic carbocycles. The quantitative estimate of drug-likeness (QED) is 0.185. The van der Waals surface area contributed by atoms with E-state index in [9.17, 15) is 9.90 Å². The van der Waals surface area contributed by atoms with Crippen LogP contribution in [0.25, 0.3) is 34.2 Å². The van der Waals surface area contributed by atoms with E-state index in [-0.39, 0.29) is 6.61 Å². The average Bonchev–Trinajstić information content (AvgIpc) is 3.64. The van der Waals surface area contributed by atoms with Crippen LogP contribution < -0.4 is 0 Å². The summed E-state index contributed by atoms with van der Waals surface area (Å²) in [5.74, 6) is 1.59. The van der Waals surface area contributed by atoms with Crippen molar-refractivity contribution in [2.75, 3.05) is 0 Å². The molecule has 4 aromatic carbocycles. The molecule has 40 heavy (non-hydrogen) atoms. The Hall–Kier alpha value is -4.11. The van der Waals surface area contributed by atoms with Crippen LogP contribution in [0.2, 0.25) is 0 Å². The first-order valence-corrected chi connectivity index (χ1v) is 14.0. The Balaban J connectivity index is 0.000000161. The van der Waals surface area contributed by atoms with Crippen molar-refractivity contribution in [2.45, 2.75) is 6.61 Å². The highest BCUT2D eigenvalue weighted by atomic mass is 79.9. The van der Waals surface area contributed by atoms with Crippen LogP contribution in [0.15, 0.2) is 131 Å². The molecule has 0 unspecified atom stereocenters. The van der Waals surface area contributed by atoms with E-state index in [4.69, 9.17) is 0 Å². The molecule has 0 saturated carbocycles. The third kappa shape index (κ3) is 6.37. The lowest BCUT2D eigenvalue weighted by atomic mass is 10.2. The Morgan fingerprint density at radius 3 is 1.52 bits per heavy atom. The largest absolute Gasteiger partial charge is 0.390 e. The number of carbonyl (C=O) groups is 1. The maximum absolute atomic E-state index is 11.0. The highest BCUT2D eigenvalue weighted by Gasteiger charge is 2.12. The number of hydrogen-bond donors (Lipinski definition) is 1.